The molecule has 172 valence electrons. The first-order valence-electron chi connectivity index (χ1n) is 10.5. The number of urea groups is 1. The summed E-state index contributed by atoms with van der Waals surface area (Å²) < 4.78 is 38.1. The number of sulfone groups is 1. The number of amides is 2. The molecular weight excluding hydrogens is 445 g/mol. The van der Waals surface area contributed by atoms with Gasteiger partial charge in [0, 0.05) is 23.9 Å². The van der Waals surface area contributed by atoms with Crippen LogP contribution in [0.25, 0.3) is 11.4 Å². The summed E-state index contributed by atoms with van der Waals surface area (Å²) in [5.41, 5.74) is 7.55. The lowest BCUT2D eigenvalue weighted by Gasteiger charge is -2.40. The number of nitrogen functional groups attached to an aromatic ring is 1. The van der Waals surface area contributed by atoms with Crippen LogP contribution in [-0.2, 0) is 14.6 Å². The number of rotatable bonds is 7. The fourth-order valence-corrected chi connectivity index (χ4v) is 6.03. The maximum atomic E-state index is 13.5. The van der Waals surface area contributed by atoms with Gasteiger partial charge in [-0.05, 0) is 55.7 Å². The highest BCUT2D eigenvalue weighted by Crippen LogP contribution is 2.50. The molecule has 2 aromatic carbocycles. The van der Waals surface area contributed by atoms with Crippen LogP contribution in [0.3, 0.4) is 0 Å². The largest absolute Gasteiger partial charge is 0.384 e. The lowest BCUT2D eigenvalue weighted by molar-refractivity contribution is 0.251. The van der Waals surface area contributed by atoms with Crippen molar-refractivity contribution in [1.82, 2.24) is 15.3 Å². The molecule has 10 heteroatoms. The van der Waals surface area contributed by atoms with Crippen molar-refractivity contribution in [1.29, 1.82) is 0 Å². The zero-order valence-electron chi connectivity index (χ0n) is 17.8. The summed E-state index contributed by atoms with van der Waals surface area (Å²) in [5.74, 6) is 0.477. The zero-order valence-corrected chi connectivity index (χ0v) is 18.6. The van der Waals surface area contributed by atoms with Crippen LogP contribution >= 0.6 is 0 Å². The summed E-state index contributed by atoms with van der Waals surface area (Å²) in [4.78, 5) is 20.8. The molecule has 4 N–H and O–H groups in total. The molecule has 0 spiro atoms. The van der Waals surface area contributed by atoms with Crippen molar-refractivity contribution in [2.75, 3.05) is 24.3 Å². The maximum absolute atomic E-state index is 13.5. The van der Waals surface area contributed by atoms with Crippen LogP contribution in [0.5, 0.6) is 0 Å². The topological polar surface area (TPSA) is 127 Å². The standard InChI is InChI=1S/C23H24FN5O3S/c24-13-14-26-22(30)27-17-9-7-16(8-10-17)21-28-19(15-20(25)29-21)23(11-4-12-23)33(31,32)18-5-2-1-3-6-18/h1-3,5-10,15H,4,11-14H2,(H2,25,28,29)(H2,26,27,30). The lowest BCUT2D eigenvalue weighted by atomic mass is 9.81. The van der Waals surface area contributed by atoms with Gasteiger partial charge < -0.3 is 16.4 Å². The number of aromatic nitrogens is 2. The number of hydrogen-bond acceptors (Lipinski definition) is 6. The third-order valence-electron chi connectivity index (χ3n) is 5.72. The Balaban J connectivity index is 1.65. The molecular formula is C23H24FN5O3S. The first kappa shape index (κ1) is 22.7. The maximum Gasteiger partial charge on any atom is 0.319 e. The van der Waals surface area contributed by atoms with E-state index in [9.17, 15) is 17.6 Å². The van der Waals surface area contributed by atoms with Gasteiger partial charge in [0.25, 0.3) is 0 Å². The summed E-state index contributed by atoms with van der Waals surface area (Å²) in [6, 6.07) is 16.1. The summed E-state index contributed by atoms with van der Waals surface area (Å²) >= 11 is 0. The minimum absolute atomic E-state index is 0.0720. The molecule has 1 aliphatic rings. The monoisotopic (exact) mass is 469 g/mol. The van der Waals surface area contributed by atoms with E-state index in [1.807, 2.05) is 0 Å². The SMILES string of the molecule is Nc1cc(C2(S(=O)(=O)c3ccccc3)CCC2)nc(-c2ccc(NC(=O)NCCF)cc2)n1. The van der Waals surface area contributed by atoms with Crippen LogP contribution < -0.4 is 16.4 Å². The van der Waals surface area contributed by atoms with Crippen molar-refractivity contribution in [2.45, 2.75) is 28.9 Å². The molecule has 2 amide bonds. The van der Waals surface area contributed by atoms with Gasteiger partial charge in [-0.1, -0.05) is 18.2 Å². The number of benzene rings is 2. The van der Waals surface area contributed by atoms with Crippen LogP contribution in [0.2, 0.25) is 0 Å². The first-order chi connectivity index (χ1) is 15.9. The second-order valence-corrected chi connectivity index (χ2v) is 10.1. The van der Waals surface area contributed by atoms with E-state index < -0.39 is 27.3 Å². The Morgan fingerprint density at radius 3 is 2.36 bits per heavy atom. The number of carbonyl (C=O) groups is 1. The van der Waals surface area contributed by atoms with Gasteiger partial charge in [0.05, 0.1) is 10.6 Å². The predicted octanol–water partition coefficient (Wildman–Crippen LogP) is 3.67. The number of nitrogens with zero attached hydrogens (tertiary/aromatic N) is 2. The Morgan fingerprint density at radius 1 is 1.06 bits per heavy atom. The molecule has 4 rings (SSSR count). The highest BCUT2D eigenvalue weighted by atomic mass is 32.2. The normalized spacial score (nSPS) is 14.8. The molecule has 1 saturated carbocycles. The molecule has 0 bridgehead atoms. The number of halogens is 1. The predicted molar refractivity (Wildman–Crippen MR) is 124 cm³/mol. The third-order valence-corrected chi connectivity index (χ3v) is 8.26. The fourth-order valence-electron chi connectivity index (χ4n) is 3.85. The second kappa shape index (κ2) is 9.14. The molecule has 3 aromatic rings. The van der Waals surface area contributed by atoms with Crippen LogP contribution in [-0.4, -0.2) is 37.6 Å². The van der Waals surface area contributed by atoms with E-state index in [1.165, 1.54) is 6.07 Å². The van der Waals surface area contributed by atoms with Crippen molar-refractivity contribution in [3.05, 3.63) is 66.4 Å². The van der Waals surface area contributed by atoms with Gasteiger partial charge in [-0.2, -0.15) is 0 Å². The van der Waals surface area contributed by atoms with Crippen LogP contribution in [0.15, 0.2) is 65.6 Å². The van der Waals surface area contributed by atoms with Gasteiger partial charge in [0.1, 0.15) is 17.2 Å². The van der Waals surface area contributed by atoms with E-state index in [-0.39, 0.29) is 17.3 Å². The molecule has 1 aromatic heterocycles. The van der Waals surface area contributed by atoms with Crippen molar-refractivity contribution < 1.29 is 17.6 Å². The smallest absolute Gasteiger partial charge is 0.319 e. The van der Waals surface area contributed by atoms with E-state index >= 15 is 0 Å². The van der Waals surface area contributed by atoms with Crippen molar-refractivity contribution in [3.63, 3.8) is 0 Å². The van der Waals surface area contributed by atoms with E-state index in [1.54, 1.807) is 54.6 Å². The van der Waals surface area contributed by atoms with E-state index in [4.69, 9.17) is 5.73 Å². The molecule has 33 heavy (non-hydrogen) atoms. The van der Waals surface area contributed by atoms with Gasteiger partial charge in [0.15, 0.2) is 15.7 Å². The van der Waals surface area contributed by atoms with E-state index in [2.05, 4.69) is 20.6 Å². The number of hydrogen-bond donors (Lipinski definition) is 3. The fraction of sp³-hybridized carbons (Fsp3) is 0.261. The number of alkyl halides is 1. The molecule has 0 atom stereocenters. The molecule has 0 saturated heterocycles. The van der Waals surface area contributed by atoms with Gasteiger partial charge in [-0.15, -0.1) is 0 Å². The van der Waals surface area contributed by atoms with E-state index in [0.29, 0.717) is 35.6 Å². The van der Waals surface area contributed by atoms with Crippen LogP contribution in [0.4, 0.5) is 20.7 Å². The molecule has 1 fully saturated rings. The number of nitrogens with two attached hydrogens (primary N) is 1. The lowest BCUT2D eigenvalue weighted by Crippen LogP contribution is -2.43. The Bertz CT molecular complexity index is 1250. The Labute approximate surface area is 191 Å². The average Bonchev–Trinajstić information content (AvgIpc) is 2.77. The Hall–Kier alpha value is -3.53. The van der Waals surface area contributed by atoms with Crippen molar-refractivity contribution >= 4 is 27.4 Å². The highest BCUT2D eigenvalue weighted by molar-refractivity contribution is 7.92. The molecule has 1 aliphatic carbocycles. The Morgan fingerprint density at radius 2 is 1.76 bits per heavy atom. The quantitative estimate of drug-likeness (QED) is 0.485. The zero-order chi connectivity index (χ0) is 23.5. The number of nitrogens with one attached hydrogen (secondary N) is 2. The summed E-state index contributed by atoms with van der Waals surface area (Å²) in [5, 5.41) is 4.97. The summed E-state index contributed by atoms with van der Waals surface area (Å²) in [6.45, 7) is -0.722. The van der Waals surface area contributed by atoms with Crippen molar-refractivity contribution in [2.24, 2.45) is 0 Å². The third kappa shape index (κ3) is 4.38. The molecule has 0 radical (unpaired) electrons. The minimum atomic E-state index is -3.69. The van der Waals surface area contributed by atoms with E-state index in [0.717, 1.165) is 6.42 Å². The number of anilines is 2. The molecule has 0 aliphatic heterocycles. The van der Waals surface area contributed by atoms with Gasteiger partial charge in [-0.3, -0.25) is 0 Å². The van der Waals surface area contributed by atoms with Gasteiger partial charge in [0.2, 0.25) is 0 Å². The number of carbonyl (C=O) groups excluding carboxylic acids is 1. The molecule has 1 heterocycles. The molecule has 0 unspecified atom stereocenters. The highest BCUT2D eigenvalue weighted by Gasteiger charge is 2.52. The summed E-state index contributed by atoms with van der Waals surface area (Å²) in [7, 11) is -3.69. The van der Waals surface area contributed by atoms with Gasteiger partial charge >= 0.3 is 6.03 Å². The minimum Gasteiger partial charge on any atom is -0.384 e. The summed E-state index contributed by atoms with van der Waals surface area (Å²) in [6.07, 6.45) is 1.68. The second-order valence-electron chi connectivity index (χ2n) is 7.81. The molecule has 8 nitrogen and oxygen atoms in total. The Kier molecular flexibility index (Phi) is 6.28. The average molecular weight is 470 g/mol. The van der Waals surface area contributed by atoms with Crippen LogP contribution in [0.1, 0.15) is 25.0 Å². The van der Waals surface area contributed by atoms with Crippen LogP contribution in [0, 0.1) is 0 Å². The first-order valence-corrected chi connectivity index (χ1v) is 12.0. The van der Waals surface area contributed by atoms with Crippen molar-refractivity contribution in [3.8, 4) is 11.4 Å². The van der Waals surface area contributed by atoms with Gasteiger partial charge in [-0.25, -0.2) is 27.6 Å².